The predicted octanol–water partition coefficient (Wildman–Crippen LogP) is 4.66. The number of aliphatic carboxylic acids is 1. The van der Waals surface area contributed by atoms with Crippen molar-refractivity contribution >= 4 is 5.97 Å². The second-order valence-electron chi connectivity index (χ2n) is 6.50. The second-order valence-corrected chi connectivity index (χ2v) is 6.50. The molecule has 0 aromatic rings. The number of hydrogen-bond acceptors (Lipinski definition) is 3. The Hall–Kier alpha value is -1.13. The van der Waals surface area contributed by atoms with Gasteiger partial charge in [-0.15, -0.1) is 0 Å². The average Bonchev–Trinajstić information content (AvgIpc) is 2.45. The molecule has 0 aliphatic carbocycles. The molecule has 3 atom stereocenters. The molecule has 0 amide bonds. The molecule has 0 aromatic heterocycles. The van der Waals surface area contributed by atoms with Crippen molar-refractivity contribution in [2.75, 3.05) is 0 Å². The molecule has 1 N–H and O–H groups in total. The molecule has 4 nitrogen and oxygen atoms in total. The molecule has 0 spiro atoms. The molecular formula is C18H30O4. The van der Waals surface area contributed by atoms with Gasteiger partial charge in [-0.2, -0.15) is 0 Å². The van der Waals surface area contributed by atoms with E-state index in [1.54, 1.807) is 0 Å². The first-order valence-corrected chi connectivity index (χ1v) is 8.31. The highest BCUT2D eigenvalue weighted by Crippen LogP contribution is 2.35. The van der Waals surface area contributed by atoms with E-state index in [0.717, 1.165) is 25.7 Å². The zero-order valence-corrected chi connectivity index (χ0v) is 14.1. The zero-order valence-electron chi connectivity index (χ0n) is 14.1. The Bertz CT molecular complexity index is 389. The van der Waals surface area contributed by atoms with Crippen LogP contribution in [0.1, 0.15) is 65.7 Å². The molecule has 1 aliphatic rings. The Morgan fingerprint density at radius 3 is 2.73 bits per heavy atom. The van der Waals surface area contributed by atoms with E-state index in [4.69, 9.17) is 14.9 Å². The van der Waals surface area contributed by atoms with Gasteiger partial charge in [0.15, 0.2) is 0 Å². The minimum atomic E-state index is -0.838. The molecule has 1 heterocycles. The van der Waals surface area contributed by atoms with Crippen LogP contribution in [0.3, 0.4) is 0 Å². The minimum absolute atomic E-state index is 0.00971. The van der Waals surface area contributed by atoms with Gasteiger partial charge >= 0.3 is 5.97 Å². The standard InChI is InChI=1S/C18H30O4/c1-4-5-6-7-8-9-10-11-12-18(3)14-15(2)16(21-22-18)13-17(19)20/h4-7,15-16H,8-14H2,1-3H3,(H,19,20)/b5-4+,7-6+/t15-,16+,18-/m0/s1. The molecule has 0 bridgehead atoms. The summed E-state index contributed by atoms with van der Waals surface area (Å²) in [6.45, 7) is 6.12. The Balaban J connectivity index is 2.21. The number of carbonyl (C=O) groups is 1. The van der Waals surface area contributed by atoms with Crippen molar-refractivity contribution in [1.82, 2.24) is 0 Å². The van der Waals surface area contributed by atoms with Gasteiger partial charge in [0.2, 0.25) is 0 Å². The molecule has 126 valence electrons. The van der Waals surface area contributed by atoms with E-state index in [0.29, 0.717) is 0 Å². The first kappa shape index (κ1) is 18.9. The van der Waals surface area contributed by atoms with Gasteiger partial charge in [-0.25, -0.2) is 9.78 Å². The maximum Gasteiger partial charge on any atom is 0.306 e. The summed E-state index contributed by atoms with van der Waals surface area (Å²) in [6, 6.07) is 0. The smallest absolute Gasteiger partial charge is 0.306 e. The number of unbranched alkanes of at least 4 members (excludes halogenated alkanes) is 3. The van der Waals surface area contributed by atoms with Gasteiger partial charge in [-0.05, 0) is 45.4 Å². The summed E-state index contributed by atoms with van der Waals surface area (Å²) in [5.41, 5.74) is -0.283. The van der Waals surface area contributed by atoms with E-state index in [1.807, 2.05) is 26.0 Å². The molecule has 4 heteroatoms. The summed E-state index contributed by atoms with van der Waals surface area (Å²) in [5.74, 6) is -0.631. The van der Waals surface area contributed by atoms with Gasteiger partial charge < -0.3 is 5.11 Å². The molecule has 0 radical (unpaired) electrons. The largest absolute Gasteiger partial charge is 0.481 e. The van der Waals surface area contributed by atoms with Gasteiger partial charge in [-0.1, -0.05) is 44.1 Å². The van der Waals surface area contributed by atoms with E-state index in [2.05, 4.69) is 19.1 Å². The number of allylic oxidation sites excluding steroid dienone is 4. The highest BCUT2D eigenvalue weighted by atomic mass is 17.2. The number of hydrogen-bond donors (Lipinski definition) is 1. The van der Waals surface area contributed by atoms with Crippen LogP contribution in [0.2, 0.25) is 0 Å². The van der Waals surface area contributed by atoms with Crippen LogP contribution in [-0.2, 0) is 14.6 Å². The molecule has 1 rings (SSSR count). The second kappa shape index (κ2) is 9.80. The molecule has 1 aliphatic heterocycles. The fourth-order valence-electron chi connectivity index (χ4n) is 2.89. The molecule has 22 heavy (non-hydrogen) atoms. The first-order valence-electron chi connectivity index (χ1n) is 8.31. The molecule has 0 unspecified atom stereocenters. The van der Waals surface area contributed by atoms with Crippen LogP contribution in [0.4, 0.5) is 0 Å². The van der Waals surface area contributed by atoms with Crippen LogP contribution >= 0.6 is 0 Å². The van der Waals surface area contributed by atoms with Crippen LogP contribution in [0.15, 0.2) is 24.3 Å². The Kier molecular flexibility index (Phi) is 8.43. The number of carboxylic acids is 1. The topological polar surface area (TPSA) is 55.8 Å². The lowest BCUT2D eigenvalue weighted by molar-refractivity contribution is -0.416. The van der Waals surface area contributed by atoms with Gasteiger partial charge in [0.25, 0.3) is 0 Å². The van der Waals surface area contributed by atoms with Crippen molar-refractivity contribution in [3.63, 3.8) is 0 Å². The van der Waals surface area contributed by atoms with Crippen LogP contribution in [-0.4, -0.2) is 22.8 Å². The highest BCUT2D eigenvalue weighted by molar-refractivity contribution is 5.67. The normalized spacial score (nSPS) is 29.4. The molecule has 0 aromatic carbocycles. The predicted molar refractivity (Wildman–Crippen MR) is 87.4 cm³/mol. The van der Waals surface area contributed by atoms with Crippen molar-refractivity contribution in [2.24, 2.45) is 5.92 Å². The number of carboxylic acid groups (broad SMARTS) is 1. The minimum Gasteiger partial charge on any atom is -0.481 e. The van der Waals surface area contributed by atoms with E-state index in [9.17, 15) is 4.79 Å². The van der Waals surface area contributed by atoms with Gasteiger partial charge in [0, 0.05) is 0 Å². The van der Waals surface area contributed by atoms with E-state index in [-0.39, 0.29) is 24.0 Å². The Morgan fingerprint density at radius 2 is 2.09 bits per heavy atom. The summed E-state index contributed by atoms with van der Waals surface area (Å²) in [5, 5.41) is 8.85. The molecular weight excluding hydrogens is 280 g/mol. The van der Waals surface area contributed by atoms with Gasteiger partial charge in [-0.3, -0.25) is 4.79 Å². The van der Waals surface area contributed by atoms with Crippen LogP contribution in [0.5, 0.6) is 0 Å². The third kappa shape index (κ3) is 7.23. The van der Waals surface area contributed by atoms with Crippen molar-refractivity contribution in [2.45, 2.75) is 77.4 Å². The van der Waals surface area contributed by atoms with Crippen LogP contribution in [0, 0.1) is 5.92 Å². The van der Waals surface area contributed by atoms with Crippen LogP contribution < -0.4 is 0 Å². The van der Waals surface area contributed by atoms with Gasteiger partial charge in [0.1, 0.15) is 11.7 Å². The summed E-state index contributed by atoms with van der Waals surface area (Å²) in [7, 11) is 0. The summed E-state index contributed by atoms with van der Waals surface area (Å²) in [6.07, 6.45) is 14.4. The third-order valence-electron chi connectivity index (χ3n) is 4.15. The van der Waals surface area contributed by atoms with E-state index in [1.165, 1.54) is 12.8 Å². The lowest BCUT2D eigenvalue weighted by Gasteiger charge is -2.39. The zero-order chi connectivity index (χ0) is 16.4. The monoisotopic (exact) mass is 310 g/mol. The SMILES string of the molecule is C/C=C/C=C/CCCCC[C@@]1(C)C[C@H](C)[C@@H](CC(=O)O)OO1. The van der Waals surface area contributed by atoms with E-state index >= 15 is 0 Å². The maximum absolute atomic E-state index is 10.8. The van der Waals surface area contributed by atoms with Crippen molar-refractivity contribution < 1.29 is 19.7 Å². The summed E-state index contributed by atoms with van der Waals surface area (Å²) >= 11 is 0. The first-order chi connectivity index (χ1) is 10.5. The lowest BCUT2D eigenvalue weighted by Crippen LogP contribution is -2.43. The maximum atomic E-state index is 10.8. The summed E-state index contributed by atoms with van der Waals surface area (Å²) < 4.78 is 0. The molecule has 1 fully saturated rings. The quantitative estimate of drug-likeness (QED) is 0.382. The fraction of sp³-hybridized carbons (Fsp3) is 0.722. The highest BCUT2D eigenvalue weighted by Gasteiger charge is 2.38. The fourth-order valence-corrected chi connectivity index (χ4v) is 2.89. The van der Waals surface area contributed by atoms with Gasteiger partial charge in [0.05, 0.1) is 6.42 Å². The average molecular weight is 310 g/mol. The summed E-state index contributed by atoms with van der Waals surface area (Å²) in [4.78, 5) is 21.6. The molecule has 1 saturated heterocycles. The van der Waals surface area contributed by atoms with Crippen molar-refractivity contribution in [3.8, 4) is 0 Å². The lowest BCUT2D eigenvalue weighted by atomic mass is 9.84. The van der Waals surface area contributed by atoms with Crippen molar-refractivity contribution in [3.05, 3.63) is 24.3 Å². The Morgan fingerprint density at radius 1 is 1.32 bits per heavy atom. The molecule has 0 saturated carbocycles. The Labute approximate surface area is 134 Å². The third-order valence-corrected chi connectivity index (χ3v) is 4.15. The van der Waals surface area contributed by atoms with Crippen molar-refractivity contribution in [1.29, 1.82) is 0 Å². The number of rotatable bonds is 9. The van der Waals surface area contributed by atoms with E-state index < -0.39 is 5.97 Å². The van der Waals surface area contributed by atoms with Crippen LogP contribution in [0.25, 0.3) is 0 Å².